The zero-order valence-electron chi connectivity index (χ0n) is 12.5. The molecule has 1 saturated heterocycles. The molecule has 0 spiro atoms. The predicted octanol–water partition coefficient (Wildman–Crippen LogP) is 1.83. The van der Waals surface area contributed by atoms with Gasteiger partial charge in [0.2, 0.25) is 0 Å². The fourth-order valence-corrected chi connectivity index (χ4v) is 3.25. The molecule has 1 aliphatic heterocycles. The lowest BCUT2D eigenvalue weighted by Crippen LogP contribution is -2.62. The molecule has 20 heavy (non-hydrogen) atoms. The summed E-state index contributed by atoms with van der Waals surface area (Å²) in [6.45, 7) is 8.57. The second kappa shape index (κ2) is 5.05. The van der Waals surface area contributed by atoms with E-state index in [4.69, 9.17) is 0 Å². The predicted molar refractivity (Wildman–Crippen MR) is 77.7 cm³/mol. The quantitative estimate of drug-likeness (QED) is 0.771. The maximum atomic E-state index is 12.2. The Balaban J connectivity index is 2.08. The maximum Gasteiger partial charge on any atom is 0.253 e. The molecule has 2 rings (SSSR count). The van der Waals surface area contributed by atoms with Crippen LogP contribution >= 0.6 is 0 Å². The van der Waals surface area contributed by atoms with Gasteiger partial charge in [0.1, 0.15) is 5.75 Å². The number of aromatic nitrogens is 1. The van der Waals surface area contributed by atoms with E-state index in [0.29, 0.717) is 5.56 Å². The van der Waals surface area contributed by atoms with Crippen LogP contribution in [0.5, 0.6) is 5.75 Å². The van der Waals surface area contributed by atoms with Crippen molar-refractivity contribution in [3.63, 3.8) is 0 Å². The highest BCUT2D eigenvalue weighted by Crippen LogP contribution is 2.28. The Labute approximate surface area is 119 Å². The van der Waals surface area contributed by atoms with Gasteiger partial charge in [-0.05, 0) is 46.6 Å². The monoisotopic (exact) mass is 277 g/mol. The zero-order chi connectivity index (χ0) is 15.0. The standard InChI is InChI=1S/C15H23N3O2/c1-14(2)6-11(7-15(3,4)18-14)17-13(20)10-5-12(19)9-16-8-10/h5,8-9,11,18-19H,6-7H2,1-4H3,(H,17,20). The van der Waals surface area contributed by atoms with Gasteiger partial charge in [0.15, 0.2) is 0 Å². The average Bonchev–Trinajstić information content (AvgIpc) is 2.24. The largest absolute Gasteiger partial charge is 0.506 e. The molecule has 0 bridgehead atoms. The molecule has 0 saturated carbocycles. The van der Waals surface area contributed by atoms with E-state index in [-0.39, 0.29) is 28.8 Å². The van der Waals surface area contributed by atoms with Crippen molar-refractivity contribution < 1.29 is 9.90 Å². The summed E-state index contributed by atoms with van der Waals surface area (Å²) in [6, 6.07) is 1.54. The summed E-state index contributed by atoms with van der Waals surface area (Å²) < 4.78 is 0. The smallest absolute Gasteiger partial charge is 0.253 e. The molecule has 5 nitrogen and oxygen atoms in total. The van der Waals surface area contributed by atoms with Crippen LogP contribution in [-0.4, -0.2) is 33.1 Å². The van der Waals surface area contributed by atoms with Gasteiger partial charge in [0.25, 0.3) is 5.91 Å². The summed E-state index contributed by atoms with van der Waals surface area (Å²) in [6.07, 6.45) is 4.52. The van der Waals surface area contributed by atoms with Gasteiger partial charge in [-0.15, -0.1) is 0 Å². The molecule has 1 fully saturated rings. The summed E-state index contributed by atoms with van der Waals surface area (Å²) in [7, 11) is 0. The summed E-state index contributed by atoms with van der Waals surface area (Å²) in [5, 5.41) is 16.0. The van der Waals surface area contributed by atoms with Crippen molar-refractivity contribution in [2.45, 2.75) is 57.7 Å². The van der Waals surface area contributed by atoms with Crippen LogP contribution in [0, 0.1) is 0 Å². The molecular weight excluding hydrogens is 254 g/mol. The normalized spacial score (nSPS) is 21.4. The summed E-state index contributed by atoms with van der Waals surface area (Å²) >= 11 is 0. The zero-order valence-corrected chi connectivity index (χ0v) is 12.5. The first kappa shape index (κ1) is 14.8. The van der Waals surface area contributed by atoms with Crippen LogP contribution in [-0.2, 0) is 0 Å². The number of aromatic hydroxyl groups is 1. The number of carbonyl (C=O) groups excluding carboxylic acids is 1. The fourth-order valence-electron chi connectivity index (χ4n) is 3.25. The molecule has 2 heterocycles. The van der Waals surface area contributed by atoms with E-state index in [9.17, 15) is 9.90 Å². The number of piperidine rings is 1. The number of nitrogens with zero attached hydrogens (tertiary/aromatic N) is 1. The third-order valence-corrected chi connectivity index (χ3v) is 3.51. The molecule has 0 radical (unpaired) electrons. The summed E-state index contributed by atoms with van der Waals surface area (Å²) in [4.78, 5) is 16.0. The van der Waals surface area contributed by atoms with Crippen LogP contribution in [0.4, 0.5) is 0 Å². The van der Waals surface area contributed by atoms with Gasteiger partial charge in [0.05, 0.1) is 11.8 Å². The Bertz CT molecular complexity index is 496. The Hall–Kier alpha value is -1.62. The van der Waals surface area contributed by atoms with Crippen LogP contribution in [0.15, 0.2) is 18.5 Å². The molecule has 1 aromatic heterocycles. The molecule has 0 atom stereocenters. The first-order valence-corrected chi connectivity index (χ1v) is 6.91. The molecule has 1 amide bonds. The molecular formula is C15H23N3O2. The minimum absolute atomic E-state index is 0.00335. The van der Waals surface area contributed by atoms with E-state index in [1.165, 1.54) is 18.5 Å². The first-order valence-electron chi connectivity index (χ1n) is 6.91. The van der Waals surface area contributed by atoms with Gasteiger partial charge < -0.3 is 15.7 Å². The van der Waals surface area contributed by atoms with E-state index in [1.54, 1.807) is 0 Å². The van der Waals surface area contributed by atoms with Crippen LogP contribution in [0.3, 0.4) is 0 Å². The van der Waals surface area contributed by atoms with Crippen molar-refractivity contribution in [3.8, 4) is 5.75 Å². The Kier molecular flexibility index (Phi) is 3.73. The van der Waals surface area contributed by atoms with Gasteiger partial charge in [-0.3, -0.25) is 9.78 Å². The fraction of sp³-hybridized carbons (Fsp3) is 0.600. The van der Waals surface area contributed by atoms with Crippen LogP contribution < -0.4 is 10.6 Å². The number of pyridine rings is 1. The Morgan fingerprint density at radius 3 is 2.45 bits per heavy atom. The summed E-state index contributed by atoms with van der Waals surface area (Å²) in [5.74, 6) is -0.185. The lowest BCUT2D eigenvalue weighted by Gasteiger charge is -2.46. The van der Waals surface area contributed by atoms with E-state index >= 15 is 0 Å². The number of hydrogen-bond donors (Lipinski definition) is 3. The number of hydrogen-bond acceptors (Lipinski definition) is 4. The molecule has 5 heteroatoms. The second-order valence-electron chi connectivity index (χ2n) is 6.90. The lowest BCUT2D eigenvalue weighted by atomic mass is 9.79. The molecule has 0 unspecified atom stereocenters. The van der Waals surface area contributed by atoms with Crippen molar-refractivity contribution >= 4 is 5.91 Å². The number of rotatable bonds is 2. The third-order valence-electron chi connectivity index (χ3n) is 3.51. The lowest BCUT2D eigenvalue weighted by molar-refractivity contribution is 0.0872. The third kappa shape index (κ3) is 3.70. The SMILES string of the molecule is CC1(C)CC(NC(=O)c2cncc(O)c2)CC(C)(C)N1. The van der Waals surface area contributed by atoms with Gasteiger partial charge in [-0.25, -0.2) is 0 Å². The van der Waals surface area contributed by atoms with E-state index in [2.05, 4.69) is 43.3 Å². The second-order valence-corrected chi connectivity index (χ2v) is 6.90. The molecule has 1 aromatic rings. The number of carbonyl (C=O) groups is 1. The molecule has 0 aliphatic carbocycles. The highest BCUT2D eigenvalue weighted by molar-refractivity contribution is 5.94. The first-order chi connectivity index (χ1) is 9.17. The molecule has 3 N–H and O–H groups in total. The van der Waals surface area contributed by atoms with E-state index in [1.807, 2.05) is 0 Å². The van der Waals surface area contributed by atoms with Crippen molar-refractivity contribution in [1.29, 1.82) is 0 Å². The number of amides is 1. The minimum Gasteiger partial charge on any atom is -0.506 e. The van der Waals surface area contributed by atoms with E-state index < -0.39 is 0 Å². The van der Waals surface area contributed by atoms with Gasteiger partial charge in [0, 0.05) is 23.3 Å². The average molecular weight is 277 g/mol. The Morgan fingerprint density at radius 2 is 1.90 bits per heavy atom. The van der Waals surface area contributed by atoms with Crippen LogP contribution in [0.2, 0.25) is 0 Å². The van der Waals surface area contributed by atoms with Gasteiger partial charge in [-0.1, -0.05) is 0 Å². The van der Waals surface area contributed by atoms with Crippen molar-refractivity contribution in [1.82, 2.24) is 15.6 Å². The highest BCUT2D eigenvalue weighted by Gasteiger charge is 2.38. The van der Waals surface area contributed by atoms with Crippen molar-refractivity contribution in [2.75, 3.05) is 0 Å². The topological polar surface area (TPSA) is 74.2 Å². The van der Waals surface area contributed by atoms with Crippen molar-refractivity contribution in [2.24, 2.45) is 0 Å². The Morgan fingerprint density at radius 1 is 1.30 bits per heavy atom. The van der Waals surface area contributed by atoms with Gasteiger partial charge in [-0.2, -0.15) is 0 Å². The van der Waals surface area contributed by atoms with Crippen LogP contribution in [0.25, 0.3) is 0 Å². The molecule has 0 aromatic carbocycles. The van der Waals surface area contributed by atoms with Crippen molar-refractivity contribution in [3.05, 3.63) is 24.0 Å². The van der Waals surface area contributed by atoms with Gasteiger partial charge >= 0.3 is 0 Å². The molecule has 1 aliphatic rings. The van der Waals surface area contributed by atoms with Crippen LogP contribution in [0.1, 0.15) is 50.9 Å². The maximum absolute atomic E-state index is 12.2. The highest BCUT2D eigenvalue weighted by atomic mass is 16.3. The minimum atomic E-state index is -0.188. The molecule has 110 valence electrons. The summed E-state index contributed by atoms with van der Waals surface area (Å²) in [5.41, 5.74) is 0.354. The number of nitrogens with one attached hydrogen (secondary N) is 2. The van der Waals surface area contributed by atoms with E-state index in [0.717, 1.165) is 12.8 Å².